The molecule has 0 unspecified atom stereocenters. The second-order valence-corrected chi connectivity index (χ2v) is 3.52. The molecule has 7 heteroatoms. The van der Waals surface area contributed by atoms with Crippen LogP contribution in [0.3, 0.4) is 0 Å². The van der Waals surface area contributed by atoms with Crippen molar-refractivity contribution in [3.63, 3.8) is 0 Å². The van der Waals surface area contributed by atoms with E-state index in [4.69, 9.17) is 22.9 Å². The average molecular weight is 257 g/mol. The fourth-order valence-corrected chi connectivity index (χ4v) is 1.63. The molecule has 0 fully saturated rings. The second-order valence-electron chi connectivity index (χ2n) is 3.52. The van der Waals surface area contributed by atoms with Crippen LogP contribution in [0.25, 0.3) is 10.8 Å². The molecule has 0 bridgehead atoms. The SMILES string of the molecule is Cl.Nc1ccc2c(O)c(N)c(N)c(N)c2c1O. The van der Waals surface area contributed by atoms with Crippen LogP contribution in [-0.2, 0) is 0 Å². The summed E-state index contributed by atoms with van der Waals surface area (Å²) in [5.74, 6) is -0.422. The molecule has 10 N–H and O–H groups in total. The Bertz CT molecular complexity index is 601. The number of rotatable bonds is 0. The molecule has 0 saturated heterocycles. The van der Waals surface area contributed by atoms with Crippen LogP contribution in [0.5, 0.6) is 11.5 Å². The van der Waals surface area contributed by atoms with E-state index in [0.717, 1.165) is 0 Å². The van der Waals surface area contributed by atoms with E-state index in [0.29, 0.717) is 5.39 Å². The lowest BCUT2D eigenvalue weighted by Gasteiger charge is -2.13. The summed E-state index contributed by atoms with van der Waals surface area (Å²) in [5.41, 5.74) is 22.7. The minimum Gasteiger partial charge on any atom is -0.505 e. The largest absolute Gasteiger partial charge is 0.505 e. The zero-order valence-corrected chi connectivity index (χ0v) is 9.58. The molecular formula is C10H13ClN4O2. The molecule has 0 saturated carbocycles. The van der Waals surface area contributed by atoms with Gasteiger partial charge in [-0.15, -0.1) is 12.4 Å². The predicted octanol–water partition coefficient (Wildman–Crippen LogP) is 1.00. The number of halogens is 1. The Morgan fingerprint density at radius 2 is 1.35 bits per heavy atom. The Kier molecular flexibility index (Phi) is 3.01. The summed E-state index contributed by atoms with van der Waals surface area (Å²) < 4.78 is 0. The zero-order chi connectivity index (χ0) is 12.0. The van der Waals surface area contributed by atoms with Gasteiger partial charge in [0.2, 0.25) is 0 Å². The van der Waals surface area contributed by atoms with Crippen molar-refractivity contribution in [3.05, 3.63) is 12.1 Å². The number of nitrogen functional groups attached to an aromatic ring is 4. The molecule has 2 rings (SSSR count). The standard InChI is InChI=1S/C10H12N4O2.ClH/c11-4-2-1-3-5(10(4)16)6(12)7(13)8(14)9(3)15;/h1-2,15-16H,11-14H2;1H. The maximum absolute atomic E-state index is 9.77. The van der Waals surface area contributed by atoms with Crippen molar-refractivity contribution < 1.29 is 10.2 Å². The lowest BCUT2D eigenvalue weighted by molar-refractivity contribution is 0.479. The first kappa shape index (κ1) is 12.9. The Morgan fingerprint density at radius 1 is 0.765 bits per heavy atom. The van der Waals surface area contributed by atoms with Crippen molar-refractivity contribution in [3.8, 4) is 11.5 Å². The second kappa shape index (κ2) is 3.99. The molecular weight excluding hydrogens is 244 g/mol. The maximum atomic E-state index is 9.77. The van der Waals surface area contributed by atoms with Crippen molar-refractivity contribution in [1.82, 2.24) is 0 Å². The number of phenols is 2. The third-order valence-electron chi connectivity index (χ3n) is 2.57. The number of phenolic OH excluding ortho intramolecular Hbond substituents is 2. The van der Waals surface area contributed by atoms with Gasteiger partial charge in [-0.1, -0.05) is 0 Å². The summed E-state index contributed by atoms with van der Waals surface area (Å²) in [6.45, 7) is 0. The molecule has 0 aliphatic carbocycles. The first-order chi connectivity index (χ1) is 7.45. The number of nitrogens with two attached hydrogens (primary N) is 4. The summed E-state index contributed by atoms with van der Waals surface area (Å²) in [4.78, 5) is 0. The van der Waals surface area contributed by atoms with Gasteiger partial charge in [-0.25, -0.2) is 0 Å². The van der Waals surface area contributed by atoms with Gasteiger partial charge in [-0.2, -0.15) is 0 Å². The van der Waals surface area contributed by atoms with Gasteiger partial charge in [-0.05, 0) is 12.1 Å². The van der Waals surface area contributed by atoms with E-state index in [1.165, 1.54) is 12.1 Å². The summed E-state index contributed by atoms with van der Waals surface area (Å²) in [6, 6.07) is 2.97. The summed E-state index contributed by atoms with van der Waals surface area (Å²) in [5, 5.41) is 20.1. The first-order valence-electron chi connectivity index (χ1n) is 4.51. The maximum Gasteiger partial charge on any atom is 0.148 e. The van der Waals surface area contributed by atoms with Crippen LogP contribution in [0.15, 0.2) is 12.1 Å². The van der Waals surface area contributed by atoms with Gasteiger partial charge in [0, 0.05) is 5.39 Å². The quantitative estimate of drug-likeness (QED) is 0.236. The topological polar surface area (TPSA) is 145 Å². The van der Waals surface area contributed by atoms with Crippen LogP contribution in [-0.4, -0.2) is 10.2 Å². The molecule has 0 spiro atoms. The van der Waals surface area contributed by atoms with E-state index < -0.39 is 0 Å². The molecule has 0 heterocycles. The van der Waals surface area contributed by atoms with Crippen LogP contribution in [0.2, 0.25) is 0 Å². The van der Waals surface area contributed by atoms with Gasteiger partial charge >= 0.3 is 0 Å². The summed E-state index contributed by atoms with van der Waals surface area (Å²) in [7, 11) is 0. The highest BCUT2D eigenvalue weighted by atomic mass is 35.5. The van der Waals surface area contributed by atoms with Gasteiger partial charge in [0.05, 0.1) is 22.4 Å². The molecule has 0 aliphatic rings. The van der Waals surface area contributed by atoms with Crippen LogP contribution in [0.1, 0.15) is 0 Å². The Hall–Kier alpha value is -2.21. The molecule has 17 heavy (non-hydrogen) atoms. The van der Waals surface area contributed by atoms with Crippen molar-refractivity contribution in [2.24, 2.45) is 0 Å². The lowest BCUT2D eigenvalue weighted by Crippen LogP contribution is -2.02. The number of fused-ring (bicyclic) bond motifs is 1. The highest BCUT2D eigenvalue weighted by Gasteiger charge is 2.17. The first-order valence-corrected chi connectivity index (χ1v) is 4.51. The number of benzene rings is 2. The van der Waals surface area contributed by atoms with Crippen molar-refractivity contribution in [2.75, 3.05) is 22.9 Å². The molecule has 0 atom stereocenters. The van der Waals surface area contributed by atoms with Gasteiger partial charge in [0.15, 0.2) is 0 Å². The molecule has 2 aromatic rings. The van der Waals surface area contributed by atoms with E-state index in [-0.39, 0.29) is 52.0 Å². The Labute approximate surface area is 103 Å². The fraction of sp³-hybridized carbons (Fsp3) is 0. The molecule has 2 aromatic carbocycles. The monoisotopic (exact) mass is 256 g/mol. The minimum absolute atomic E-state index is 0. The average Bonchev–Trinajstić information content (AvgIpc) is 2.27. The summed E-state index contributed by atoms with van der Waals surface area (Å²) in [6.07, 6.45) is 0. The highest BCUT2D eigenvalue weighted by Crippen LogP contribution is 2.46. The van der Waals surface area contributed by atoms with E-state index >= 15 is 0 Å². The molecule has 0 amide bonds. The van der Waals surface area contributed by atoms with Gasteiger partial charge in [0.1, 0.15) is 17.2 Å². The van der Waals surface area contributed by atoms with Crippen molar-refractivity contribution in [2.45, 2.75) is 0 Å². The van der Waals surface area contributed by atoms with Gasteiger partial charge < -0.3 is 33.1 Å². The van der Waals surface area contributed by atoms with E-state index in [1.54, 1.807) is 0 Å². The number of hydrogen-bond donors (Lipinski definition) is 6. The number of aromatic hydroxyl groups is 2. The highest BCUT2D eigenvalue weighted by molar-refractivity contribution is 6.12. The molecule has 92 valence electrons. The van der Waals surface area contributed by atoms with Crippen molar-refractivity contribution >= 4 is 45.9 Å². The van der Waals surface area contributed by atoms with E-state index in [9.17, 15) is 10.2 Å². The van der Waals surface area contributed by atoms with Crippen molar-refractivity contribution in [1.29, 1.82) is 0 Å². The smallest absolute Gasteiger partial charge is 0.148 e. The third-order valence-corrected chi connectivity index (χ3v) is 2.57. The Morgan fingerprint density at radius 3 is 1.94 bits per heavy atom. The minimum atomic E-state index is -0.211. The Balaban J connectivity index is 0.00000144. The summed E-state index contributed by atoms with van der Waals surface area (Å²) >= 11 is 0. The number of anilines is 4. The van der Waals surface area contributed by atoms with Crippen LogP contribution >= 0.6 is 12.4 Å². The van der Waals surface area contributed by atoms with Gasteiger partial charge in [0.25, 0.3) is 0 Å². The molecule has 6 nitrogen and oxygen atoms in total. The predicted molar refractivity (Wildman–Crippen MR) is 72.2 cm³/mol. The van der Waals surface area contributed by atoms with E-state index in [2.05, 4.69) is 0 Å². The third kappa shape index (κ3) is 1.58. The van der Waals surface area contributed by atoms with Gasteiger partial charge in [-0.3, -0.25) is 0 Å². The molecule has 0 radical (unpaired) electrons. The molecule has 0 aliphatic heterocycles. The zero-order valence-electron chi connectivity index (χ0n) is 8.77. The lowest BCUT2D eigenvalue weighted by atomic mass is 10.0. The fourth-order valence-electron chi connectivity index (χ4n) is 1.63. The van der Waals surface area contributed by atoms with Crippen LogP contribution < -0.4 is 22.9 Å². The normalized spacial score (nSPS) is 10.1. The number of hydrogen-bond acceptors (Lipinski definition) is 6. The molecule has 0 aromatic heterocycles. The van der Waals surface area contributed by atoms with E-state index in [1.807, 2.05) is 0 Å². The van der Waals surface area contributed by atoms with Crippen LogP contribution in [0.4, 0.5) is 22.7 Å². The van der Waals surface area contributed by atoms with Crippen LogP contribution in [0, 0.1) is 0 Å².